The number of phenolic OH excluding ortho intramolecular Hbond substituents is 1. The normalized spacial score (nSPS) is 16.7. The Labute approximate surface area is 302 Å². The van der Waals surface area contributed by atoms with E-state index in [0.717, 1.165) is 0 Å². The van der Waals surface area contributed by atoms with Crippen molar-refractivity contribution in [1.82, 2.24) is 31.5 Å². The van der Waals surface area contributed by atoms with Crippen molar-refractivity contribution in [2.45, 2.75) is 102 Å². The summed E-state index contributed by atoms with van der Waals surface area (Å²) in [5.74, 6) is -6.83. The number of likely N-dealkylation sites (tertiary alicyclic amines) is 1. The predicted molar refractivity (Wildman–Crippen MR) is 187 cm³/mol. The van der Waals surface area contributed by atoms with Crippen molar-refractivity contribution in [2.75, 3.05) is 19.6 Å². The maximum atomic E-state index is 13.6. The molecule has 6 atom stereocenters. The third-order valence-corrected chi connectivity index (χ3v) is 8.77. The molecule has 0 aromatic heterocycles. The van der Waals surface area contributed by atoms with Gasteiger partial charge in [0.15, 0.2) is 0 Å². The third-order valence-electron chi connectivity index (χ3n) is 8.77. The average molecular weight is 733 g/mol. The Morgan fingerprint density at radius 1 is 0.904 bits per heavy atom. The molecule has 1 aliphatic rings. The summed E-state index contributed by atoms with van der Waals surface area (Å²) in [6, 6.07) is 0.0982. The highest BCUT2D eigenvalue weighted by Gasteiger charge is 2.38. The highest BCUT2D eigenvalue weighted by Crippen LogP contribution is 2.19. The number of carboxylic acids is 1. The zero-order chi connectivity index (χ0) is 39.0. The number of carbonyl (C=O) groups is 8. The Balaban J connectivity index is 2.12. The van der Waals surface area contributed by atoms with Gasteiger partial charge in [-0.05, 0) is 62.3 Å². The number of phenols is 1. The number of primary amides is 1. The Bertz CT molecular complexity index is 1440. The summed E-state index contributed by atoms with van der Waals surface area (Å²) in [7, 11) is 0. The molecule has 1 aromatic carbocycles. The van der Waals surface area contributed by atoms with Crippen LogP contribution in [0.25, 0.3) is 0 Å². The molecule has 52 heavy (non-hydrogen) atoms. The lowest BCUT2D eigenvalue weighted by atomic mass is 9.97. The molecule has 288 valence electrons. The van der Waals surface area contributed by atoms with E-state index in [0.29, 0.717) is 37.8 Å². The van der Waals surface area contributed by atoms with Crippen LogP contribution in [0.5, 0.6) is 5.75 Å². The van der Waals surface area contributed by atoms with Gasteiger partial charge >= 0.3 is 5.97 Å². The van der Waals surface area contributed by atoms with Crippen LogP contribution < -0.4 is 38.1 Å². The number of aliphatic carboxylic acids is 1. The Kier molecular flexibility index (Phi) is 17.5. The van der Waals surface area contributed by atoms with Crippen LogP contribution in [0.2, 0.25) is 0 Å². The minimum Gasteiger partial charge on any atom is -0.508 e. The summed E-state index contributed by atoms with van der Waals surface area (Å²) in [6.07, 6.45) is 1.58. The second-order valence-corrected chi connectivity index (χ2v) is 12.9. The van der Waals surface area contributed by atoms with Gasteiger partial charge in [0.25, 0.3) is 0 Å². The number of amides is 7. The lowest BCUT2D eigenvalue weighted by molar-refractivity contribution is -0.142. The summed E-state index contributed by atoms with van der Waals surface area (Å²) in [5, 5.41) is 31.5. The number of benzene rings is 1. The molecule has 1 fully saturated rings. The molecule has 7 amide bonds. The Morgan fingerprint density at radius 3 is 2.13 bits per heavy atom. The van der Waals surface area contributed by atoms with Gasteiger partial charge in [-0.3, -0.25) is 38.4 Å². The zero-order valence-corrected chi connectivity index (χ0v) is 29.8. The average Bonchev–Trinajstić information content (AvgIpc) is 3.59. The van der Waals surface area contributed by atoms with Crippen LogP contribution in [0.1, 0.15) is 71.3 Å². The Hall–Kier alpha value is -5.26. The minimum absolute atomic E-state index is 0.0324. The van der Waals surface area contributed by atoms with E-state index >= 15 is 0 Å². The van der Waals surface area contributed by atoms with Crippen LogP contribution in [0.3, 0.4) is 0 Å². The smallest absolute Gasteiger partial charge is 0.305 e. The largest absolute Gasteiger partial charge is 0.508 e. The fourth-order valence-corrected chi connectivity index (χ4v) is 5.70. The number of hydrogen-bond donors (Lipinski definition) is 9. The van der Waals surface area contributed by atoms with Gasteiger partial charge in [0.1, 0.15) is 36.0 Å². The van der Waals surface area contributed by atoms with Gasteiger partial charge in [0.2, 0.25) is 41.4 Å². The first kappa shape index (κ1) is 42.9. The van der Waals surface area contributed by atoms with E-state index in [2.05, 4.69) is 26.6 Å². The van der Waals surface area contributed by atoms with Gasteiger partial charge in [0, 0.05) is 19.9 Å². The fraction of sp³-hybridized carbons (Fsp3) is 0.588. The number of carboxylic acid groups (broad SMARTS) is 1. The van der Waals surface area contributed by atoms with Crippen molar-refractivity contribution in [2.24, 2.45) is 17.4 Å². The van der Waals surface area contributed by atoms with E-state index in [1.165, 1.54) is 24.0 Å². The predicted octanol–water partition coefficient (Wildman–Crippen LogP) is -1.86. The van der Waals surface area contributed by atoms with Gasteiger partial charge in [-0.1, -0.05) is 32.4 Å². The highest BCUT2D eigenvalue weighted by molar-refractivity contribution is 5.97. The molecule has 0 unspecified atom stereocenters. The number of unbranched alkanes of at least 4 members (excludes halogenated alkanes) is 1. The van der Waals surface area contributed by atoms with Crippen LogP contribution in [-0.2, 0) is 44.8 Å². The lowest BCUT2D eigenvalue weighted by Crippen LogP contribution is -2.59. The van der Waals surface area contributed by atoms with Crippen molar-refractivity contribution < 1.29 is 48.6 Å². The zero-order valence-electron chi connectivity index (χ0n) is 29.8. The fourth-order valence-electron chi connectivity index (χ4n) is 5.70. The number of nitrogens with two attached hydrogens (primary N) is 2. The molecule has 1 aliphatic heterocycles. The summed E-state index contributed by atoms with van der Waals surface area (Å²) < 4.78 is 0. The third kappa shape index (κ3) is 13.8. The first-order chi connectivity index (χ1) is 24.6. The number of rotatable bonds is 21. The summed E-state index contributed by atoms with van der Waals surface area (Å²) in [4.78, 5) is 103. The Morgan fingerprint density at radius 2 is 1.56 bits per heavy atom. The second-order valence-electron chi connectivity index (χ2n) is 12.9. The lowest BCUT2D eigenvalue weighted by Gasteiger charge is -2.30. The van der Waals surface area contributed by atoms with Crippen molar-refractivity contribution in [3.8, 4) is 5.75 Å². The maximum Gasteiger partial charge on any atom is 0.305 e. The molecule has 0 bridgehead atoms. The van der Waals surface area contributed by atoms with Crippen LogP contribution >= 0.6 is 0 Å². The number of aromatic hydroxyl groups is 1. The molecule has 18 heteroatoms. The number of carbonyl (C=O) groups excluding carboxylic acids is 7. The second kappa shape index (κ2) is 21.2. The molecule has 0 aliphatic carbocycles. The topological polar surface area (TPSA) is 292 Å². The van der Waals surface area contributed by atoms with Crippen molar-refractivity contribution in [3.05, 3.63) is 29.8 Å². The molecule has 18 nitrogen and oxygen atoms in total. The van der Waals surface area contributed by atoms with Gasteiger partial charge < -0.3 is 53.2 Å². The number of nitrogens with zero attached hydrogens (tertiary/aromatic N) is 1. The van der Waals surface area contributed by atoms with E-state index in [9.17, 15) is 48.6 Å². The van der Waals surface area contributed by atoms with Crippen molar-refractivity contribution >= 4 is 47.3 Å². The first-order valence-electron chi connectivity index (χ1n) is 17.3. The summed E-state index contributed by atoms with van der Waals surface area (Å²) in [6.45, 7) is 4.76. The number of nitrogens with one attached hydrogen (secondary N) is 5. The monoisotopic (exact) mass is 732 g/mol. The van der Waals surface area contributed by atoms with Gasteiger partial charge in [-0.25, -0.2) is 0 Å². The minimum atomic E-state index is -1.60. The van der Waals surface area contributed by atoms with Gasteiger partial charge in [-0.15, -0.1) is 0 Å². The van der Waals surface area contributed by atoms with Gasteiger partial charge in [0.05, 0.1) is 13.0 Å². The summed E-state index contributed by atoms with van der Waals surface area (Å²) in [5.41, 5.74) is 11.5. The molecule has 0 radical (unpaired) electrons. The standard InChI is InChI=1S/C34H52N8O10/c1-4-19(2)29(34(52)40-25(17-28(46)47)32(50)39-23(30(36)48)8-5-6-14-35)41-33(51)26-9-7-15-42(26)27(45)18-37-31(49)24(38-20(3)43)16-21-10-12-22(44)13-11-21/h10-13,19,23-26,29,44H,4-9,14-18,35H2,1-3H3,(H2,36,48)(H,37,49)(H,38,43)(H,39,50)(H,40,52)(H,41,51)(H,46,47)/t19-,23-,24-,25-,26-,29-/m0/s1. The molecule has 2 rings (SSSR count). The molecule has 11 N–H and O–H groups in total. The molecule has 0 saturated carbocycles. The van der Waals surface area contributed by atoms with E-state index < -0.39 is 96.4 Å². The van der Waals surface area contributed by atoms with Crippen molar-refractivity contribution in [3.63, 3.8) is 0 Å². The molecule has 1 aromatic rings. The van der Waals surface area contributed by atoms with Gasteiger partial charge in [-0.2, -0.15) is 0 Å². The first-order valence-corrected chi connectivity index (χ1v) is 17.3. The van der Waals surface area contributed by atoms with Crippen LogP contribution in [0.15, 0.2) is 24.3 Å². The van der Waals surface area contributed by atoms with Crippen LogP contribution in [-0.4, -0.2) is 112 Å². The summed E-state index contributed by atoms with van der Waals surface area (Å²) >= 11 is 0. The highest BCUT2D eigenvalue weighted by atomic mass is 16.4. The molecular weight excluding hydrogens is 680 g/mol. The van der Waals surface area contributed by atoms with E-state index in [1.54, 1.807) is 26.0 Å². The molecular formula is C34H52N8O10. The SMILES string of the molecule is CC[C@H](C)[C@H](NC(=O)[C@@H]1CCCN1C(=O)CNC(=O)[C@H](Cc1ccc(O)cc1)NC(C)=O)C(=O)N[C@@H](CC(=O)O)C(=O)N[C@@H](CCCCN)C(N)=O. The maximum absolute atomic E-state index is 13.6. The van der Waals surface area contributed by atoms with E-state index in [1.807, 2.05) is 0 Å². The number of hydrogen-bond acceptors (Lipinski definition) is 10. The van der Waals surface area contributed by atoms with E-state index in [-0.39, 0.29) is 31.6 Å². The molecule has 1 saturated heterocycles. The molecule has 1 heterocycles. The molecule has 0 spiro atoms. The van der Waals surface area contributed by atoms with Crippen LogP contribution in [0, 0.1) is 5.92 Å². The van der Waals surface area contributed by atoms with Crippen LogP contribution in [0.4, 0.5) is 0 Å². The van der Waals surface area contributed by atoms with Crippen molar-refractivity contribution in [1.29, 1.82) is 0 Å². The quantitative estimate of drug-likeness (QED) is 0.0632. The van der Waals surface area contributed by atoms with E-state index in [4.69, 9.17) is 11.5 Å².